The molecular weight excluding hydrogens is 280 g/mol. The monoisotopic (exact) mass is 300 g/mol. The molecule has 2 aromatic rings. The third kappa shape index (κ3) is 3.51. The van der Waals surface area contributed by atoms with Gasteiger partial charge < -0.3 is 14.2 Å². The van der Waals surface area contributed by atoms with Gasteiger partial charge >= 0.3 is 0 Å². The molecule has 1 unspecified atom stereocenters. The van der Waals surface area contributed by atoms with Crippen molar-refractivity contribution in [3.63, 3.8) is 0 Å². The Bertz CT molecular complexity index is 626. The fourth-order valence-corrected chi connectivity index (χ4v) is 2.71. The number of carbonyl (C=O) groups is 1. The van der Waals surface area contributed by atoms with Crippen LogP contribution >= 0.6 is 0 Å². The molecule has 1 amide bonds. The zero-order valence-corrected chi connectivity index (χ0v) is 12.7. The molecule has 0 N–H and O–H groups in total. The van der Waals surface area contributed by atoms with Crippen molar-refractivity contribution in [2.24, 2.45) is 5.92 Å². The molecule has 2 aromatic heterocycles. The second-order valence-corrected chi connectivity index (χ2v) is 5.64. The van der Waals surface area contributed by atoms with Gasteiger partial charge in [0.2, 0.25) is 5.91 Å². The fraction of sp³-hybridized carbons (Fsp3) is 0.438. The van der Waals surface area contributed by atoms with Crippen LogP contribution in [0.1, 0.15) is 18.3 Å². The van der Waals surface area contributed by atoms with Crippen LogP contribution in [0.2, 0.25) is 0 Å². The summed E-state index contributed by atoms with van der Waals surface area (Å²) in [6.45, 7) is 4.84. The molecule has 1 aliphatic heterocycles. The van der Waals surface area contributed by atoms with Gasteiger partial charge in [-0.15, -0.1) is 0 Å². The minimum absolute atomic E-state index is 0.0874. The first-order valence-electron chi connectivity index (χ1n) is 7.44. The van der Waals surface area contributed by atoms with Crippen molar-refractivity contribution in [2.45, 2.75) is 26.6 Å². The van der Waals surface area contributed by atoms with Crippen molar-refractivity contribution in [1.82, 2.24) is 19.4 Å². The van der Waals surface area contributed by atoms with E-state index in [0.717, 1.165) is 17.9 Å². The van der Waals surface area contributed by atoms with Gasteiger partial charge in [0.25, 0.3) is 0 Å². The Morgan fingerprint density at radius 2 is 2.32 bits per heavy atom. The number of fused-ring (bicyclic) bond motifs is 1. The average molecular weight is 300 g/mol. The van der Waals surface area contributed by atoms with E-state index in [0.29, 0.717) is 26.3 Å². The van der Waals surface area contributed by atoms with Gasteiger partial charge in [0, 0.05) is 38.3 Å². The van der Waals surface area contributed by atoms with Gasteiger partial charge in [-0.25, -0.2) is 4.98 Å². The van der Waals surface area contributed by atoms with Crippen molar-refractivity contribution < 1.29 is 9.53 Å². The van der Waals surface area contributed by atoms with E-state index in [4.69, 9.17) is 4.74 Å². The van der Waals surface area contributed by atoms with Crippen molar-refractivity contribution >= 4 is 5.91 Å². The number of nitrogens with zero attached hydrogens (tertiary/aromatic N) is 4. The maximum absolute atomic E-state index is 11.8. The number of amides is 1. The molecular formula is C16H20N4O2. The van der Waals surface area contributed by atoms with Gasteiger partial charge in [-0.3, -0.25) is 9.78 Å². The van der Waals surface area contributed by atoms with E-state index >= 15 is 0 Å². The van der Waals surface area contributed by atoms with Gasteiger partial charge in [-0.2, -0.15) is 0 Å². The Balaban J connectivity index is 1.61. The van der Waals surface area contributed by atoms with Crippen LogP contribution in [0, 0.1) is 5.92 Å². The van der Waals surface area contributed by atoms with Gasteiger partial charge in [0.05, 0.1) is 37.5 Å². The highest BCUT2D eigenvalue weighted by Gasteiger charge is 2.23. The SMILES string of the molecule is CC(=O)N1Cc2cncn2CC(COCc2ccccn2)C1. The minimum Gasteiger partial charge on any atom is -0.375 e. The number of hydrogen-bond acceptors (Lipinski definition) is 4. The van der Waals surface area contributed by atoms with Crippen LogP contribution in [-0.4, -0.2) is 38.5 Å². The topological polar surface area (TPSA) is 60.2 Å². The summed E-state index contributed by atoms with van der Waals surface area (Å²) in [6, 6.07) is 5.79. The van der Waals surface area contributed by atoms with Gasteiger partial charge in [-0.05, 0) is 12.1 Å². The molecule has 6 heteroatoms. The Kier molecular flexibility index (Phi) is 4.48. The van der Waals surface area contributed by atoms with E-state index in [1.807, 2.05) is 35.6 Å². The lowest BCUT2D eigenvalue weighted by Gasteiger charge is -2.22. The summed E-state index contributed by atoms with van der Waals surface area (Å²) in [6.07, 6.45) is 5.41. The Morgan fingerprint density at radius 3 is 3.09 bits per heavy atom. The number of rotatable bonds is 4. The predicted octanol–water partition coefficient (Wildman–Crippen LogP) is 1.47. The summed E-state index contributed by atoms with van der Waals surface area (Å²) < 4.78 is 7.91. The van der Waals surface area contributed by atoms with Crippen LogP contribution in [0.4, 0.5) is 0 Å². The average Bonchev–Trinajstić information content (AvgIpc) is 2.87. The third-order valence-electron chi connectivity index (χ3n) is 3.86. The third-order valence-corrected chi connectivity index (χ3v) is 3.86. The Morgan fingerprint density at radius 1 is 1.41 bits per heavy atom. The van der Waals surface area contributed by atoms with Crippen LogP contribution in [0.5, 0.6) is 0 Å². The quantitative estimate of drug-likeness (QED) is 0.858. The van der Waals surface area contributed by atoms with Crippen LogP contribution in [0.25, 0.3) is 0 Å². The van der Waals surface area contributed by atoms with Crippen LogP contribution in [0.15, 0.2) is 36.9 Å². The molecule has 22 heavy (non-hydrogen) atoms. The second-order valence-electron chi connectivity index (χ2n) is 5.64. The normalized spacial score (nSPS) is 17.9. The largest absolute Gasteiger partial charge is 0.375 e. The van der Waals surface area contributed by atoms with E-state index in [1.165, 1.54) is 0 Å². The lowest BCUT2D eigenvalue weighted by molar-refractivity contribution is -0.130. The number of imidazole rings is 1. The summed E-state index contributed by atoms with van der Waals surface area (Å²) >= 11 is 0. The second kappa shape index (κ2) is 6.70. The highest BCUT2D eigenvalue weighted by atomic mass is 16.5. The van der Waals surface area contributed by atoms with Crippen molar-refractivity contribution in [3.8, 4) is 0 Å². The molecule has 0 bridgehead atoms. The van der Waals surface area contributed by atoms with E-state index in [2.05, 4.69) is 14.5 Å². The maximum Gasteiger partial charge on any atom is 0.219 e. The Hall–Kier alpha value is -2.21. The molecule has 0 spiro atoms. The molecule has 0 aliphatic carbocycles. The summed E-state index contributed by atoms with van der Waals surface area (Å²) in [5.41, 5.74) is 1.99. The first-order chi connectivity index (χ1) is 10.7. The Labute approximate surface area is 129 Å². The lowest BCUT2D eigenvalue weighted by atomic mass is 10.1. The summed E-state index contributed by atoms with van der Waals surface area (Å²) in [5.74, 6) is 0.340. The van der Waals surface area contributed by atoms with E-state index in [1.54, 1.807) is 13.1 Å². The number of ether oxygens (including phenoxy) is 1. The highest BCUT2D eigenvalue weighted by molar-refractivity contribution is 5.73. The molecule has 3 rings (SSSR count). The molecule has 0 radical (unpaired) electrons. The summed E-state index contributed by atoms with van der Waals surface area (Å²) in [5, 5.41) is 0. The van der Waals surface area contributed by atoms with Crippen LogP contribution < -0.4 is 0 Å². The zero-order valence-electron chi connectivity index (χ0n) is 12.7. The van der Waals surface area contributed by atoms with Crippen LogP contribution in [-0.2, 0) is 29.2 Å². The maximum atomic E-state index is 11.8. The molecule has 1 atom stereocenters. The molecule has 0 aromatic carbocycles. The lowest BCUT2D eigenvalue weighted by Crippen LogP contribution is -2.33. The van der Waals surface area contributed by atoms with E-state index in [-0.39, 0.29) is 11.8 Å². The standard InChI is InChI=1S/C16H20N4O2/c1-13(21)19-7-14(8-20-12-17-6-16(20)9-19)10-22-11-15-4-2-3-5-18-15/h2-6,12,14H,7-11H2,1H3. The van der Waals surface area contributed by atoms with Crippen molar-refractivity contribution in [2.75, 3.05) is 13.2 Å². The molecule has 0 saturated heterocycles. The molecule has 116 valence electrons. The minimum atomic E-state index is 0.0874. The van der Waals surface area contributed by atoms with E-state index in [9.17, 15) is 4.79 Å². The smallest absolute Gasteiger partial charge is 0.219 e. The summed E-state index contributed by atoms with van der Waals surface area (Å²) in [7, 11) is 0. The van der Waals surface area contributed by atoms with Gasteiger partial charge in [0.15, 0.2) is 0 Å². The molecule has 1 aliphatic rings. The van der Waals surface area contributed by atoms with Gasteiger partial charge in [0.1, 0.15) is 0 Å². The van der Waals surface area contributed by atoms with Crippen molar-refractivity contribution in [1.29, 1.82) is 0 Å². The van der Waals surface area contributed by atoms with Crippen molar-refractivity contribution in [3.05, 3.63) is 48.3 Å². The molecule has 0 saturated carbocycles. The van der Waals surface area contributed by atoms with E-state index < -0.39 is 0 Å². The predicted molar refractivity (Wildman–Crippen MR) is 80.7 cm³/mol. The first kappa shape index (κ1) is 14.7. The first-order valence-corrected chi connectivity index (χ1v) is 7.44. The van der Waals surface area contributed by atoms with Crippen LogP contribution in [0.3, 0.4) is 0 Å². The van der Waals surface area contributed by atoms with Gasteiger partial charge in [-0.1, -0.05) is 6.07 Å². The molecule has 0 fully saturated rings. The summed E-state index contributed by atoms with van der Waals surface area (Å²) in [4.78, 5) is 22.0. The number of carbonyl (C=O) groups excluding carboxylic acids is 1. The zero-order chi connectivity index (χ0) is 15.4. The fourth-order valence-electron chi connectivity index (χ4n) is 2.71. The highest BCUT2D eigenvalue weighted by Crippen LogP contribution is 2.17. The molecule has 3 heterocycles. The number of pyridine rings is 1. The molecule has 6 nitrogen and oxygen atoms in total. The number of aromatic nitrogens is 3. The number of hydrogen-bond donors (Lipinski definition) is 0.